The van der Waals surface area contributed by atoms with E-state index < -0.39 is 30.5 Å². The number of nitrogens with one attached hydrogen (secondary N) is 1. The third-order valence-corrected chi connectivity index (χ3v) is 4.71. The summed E-state index contributed by atoms with van der Waals surface area (Å²) in [6.45, 7) is 0.554. The summed E-state index contributed by atoms with van der Waals surface area (Å²) in [7, 11) is 1.17. The largest absolute Gasteiger partial charge is 0.481 e. The molecule has 3 N–H and O–H groups in total. The van der Waals surface area contributed by atoms with E-state index in [1.54, 1.807) is 5.38 Å². The van der Waals surface area contributed by atoms with Crippen LogP contribution in [0.25, 0.3) is 0 Å². The Morgan fingerprint density at radius 2 is 2.12 bits per heavy atom. The van der Waals surface area contributed by atoms with Crippen molar-refractivity contribution in [3.05, 3.63) is 11.1 Å². The molecule has 10 heteroatoms. The van der Waals surface area contributed by atoms with Gasteiger partial charge in [-0.25, -0.2) is 9.78 Å². The summed E-state index contributed by atoms with van der Waals surface area (Å²) in [5.41, 5.74) is 0.137. The second-order valence-electron chi connectivity index (χ2n) is 5.35. The fraction of sp³-hybridized carbons (Fsp3) is 0.571. The van der Waals surface area contributed by atoms with Crippen molar-refractivity contribution < 1.29 is 29.3 Å². The molecule has 0 unspecified atom stereocenters. The van der Waals surface area contributed by atoms with Crippen molar-refractivity contribution in [2.75, 3.05) is 31.7 Å². The maximum Gasteiger partial charge on any atom is 0.330 e. The molecule has 1 amide bonds. The number of methoxy groups -OCH3 is 1. The molecule has 1 aromatic heterocycles. The van der Waals surface area contributed by atoms with Crippen LogP contribution in [0.1, 0.15) is 23.3 Å². The summed E-state index contributed by atoms with van der Waals surface area (Å²) < 4.78 is 4.48. The molecule has 1 aromatic rings. The van der Waals surface area contributed by atoms with E-state index in [9.17, 15) is 14.4 Å². The molecule has 132 valence electrons. The first-order valence-electron chi connectivity index (χ1n) is 7.39. The smallest absolute Gasteiger partial charge is 0.330 e. The number of thiazole rings is 1. The second-order valence-corrected chi connectivity index (χ2v) is 6.18. The van der Waals surface area contributed by atoms with Gasteiger partial charge in [-0.15, -0.1) is 11.3 Å². The molecule has 1 saturated heterocycles. The Kier molecular flexibility index (Phi) is 6.10. The minimum atomic E-state index is -1.14. The van der Waals surface area contributed by atoms with Gasteiger partial charge in [-0.1, -0.05) is 0 Å². The van der Waals surface area contributed by atoms with Gasteiger partial charge < -0.3 is 25.2 Å². The van der Waals surface area contributed by atoms with Crippen LogP contribution >= 0.6 is 11.3 Å². The minimum Gasteiger partial charge on any atom is -0.481 e. The SMILES string of the molecule is COC(=O)[C@H](CO)NC(=O)c1csc(N2CCC(C(=O)O)CC2)n1. The van der Waals surface area contributed by atoms with E-state index >= 15 is 0 Å². The fourth-order valence-corrected chi connectivity index (χ4v) is 3.24. The Bertz CT molecular complexity index is 611. The van der Waals surface area contributed by atoms with Crippen LogP contribution in [0.3, 0.4) is 0 Å². The molecular weight excluding hydrogens is 338 g/mol. The third kappa shape index (κ3) is 4.20. The van der Waals surface area contributed by atoms with Gasteiger partial charge in [-0.2, -0.15) is 0 Å². The number of carbonyl (C=O) groups excluding carboxylic acids is 2. The first-order chi connectivity index (χ1) is 11.5. The lowest BCUT2D eigenvalue weighted by molar-refractivity contribution is -0.144. The average Bonchev–Trinajstić information content (AvgIpc) is 3.09. The quantitative estimate of drug-likeness (QED) is 0.592. The molecule has 9 nitrogen and oxygen atoms in total. The highest BCUT2D eigenvalue weighted by Crippen LogP contribution is 2.26. The van der Waals surface area contributed by atoms with Crippen molar-refractivity contribution >= 4 is 34.3 Å². The molecule has 0 saturated carbocycles. The number of amides is 1. The molecule has 0 aromatic carbocycles. The summed E-state index contributed by atoms with van der Waals surface area (Å²) in [5, 5.41) is 22.7. The molecule has 2 rings (SSSR count). The maximum absolute atomic E-state index is 12.1. The number of aromatic nitrogens is 1. The number of aliphatic carboxylic acids is 1. The summed E-state index contributed by atoms with van der Waals surface area (Å²) in [4.78, 5) is 40.6. The molecule has 1 aliphatic rings. The number of aliphatic hydroxyl groups excluding tert-OH is 1. The number of ether oxygens (including phenoxy) is 1. The molecule has 0 spiro atoms. The number of esters is 1. The number of hydrogen-bond donors (Lipinski definition) is 3. The molecule has 0 radical (unpaired) electrons. The van der Waals surface area contributed by atoms with Crippen molar-refractivity contribution in [3.8, 4) is 0 Å². The lowest BCUT2D eigenvalue weighted by Crippen LogP contribution is -2.44. The molecule has 1 aliphatic heterocycles. The highest BCUT2D eigenvalue weighted by Gasteiger charge is 2.27. The van der Waals surface area contributed by atoms with Crippen molar-refractivity contribution in [3.63, 3.8) is 0 Å². The first-order valence-corrected chi connectivity index (χ1v) is 8.27. The van der Waals surface area contributed by atoms with E-state index in [1.807, 2.05) is 4.90 Å². The van der Waals surface area contributed by atoms with Crippen molar-refractivity contribution in [2.45, 2.75) is 18.9 Å². The van der Waals surface area contributed by atoms with Gasteiger partial charge in [0.2, 0.25) is 0 Å². The van der Waals surface area contributed by atoms with Gasteiger partial charge in [0.1, 0.15) is 5.69 Å². The van der Waals surface area contributed by atoms with E-state index in [1.165, 1.54) is 18.4 Å². The Morgan fingerprint density at radius 3 is 2.67 bits per heavy atom. The Morgan fingerprint density at radius 1 is 1.46 bits per heavy atom. The zero-order chi connectivity index (χ0) is 17.7. The van der Waals surface area contributed by atoms with Crippen LogP contribution in [-0.4, -0.2) is 65.9 Å². The first kappa shape index (κ1) is 18.1. The number of rotatable bonds is 6. The van der Waals surface area contributed by atoms with Crippen molar-refractivity contribution in [1.29, 1.82) is 0 Å². The minimum absolute atomic E-state index is 0.137. The van der Waals surface area contributed by atoms with Crippen LogP contribution in [0, 0.1) is 5.92 Å². The van der Waals surface area contributed by atoms with Gasteiger partial charge >= 0.3 is 11.9 Å². The van der Waals surface area contributed by atoms with Crippen LogP contribution in [0.4, 0.5) is 5.13 Å². The van der Waals surface area contributed by atoms with Gasteiger partial charge in [0, 0.05) is 18.5 Å². The summed E-state index contributed by atoms with van der Waals surface area (Å²) in [6.07, 6.45) is 1.07. The number of carboxylic acid groups (broad SMARTS) is 1. The molecular formula is C14H19N3O6S. The highest BCUT2D eigenvalue weighted by atomic mass is 32.1. The lowest BCUT2D eigenvalue weighted by atomic mass is 9.98. The van der Waals surface area contributed by atoms with E-state index in [0.717, 1.165) is 0 Å². The Balaban J connectivity index is 1.96. The number of carboxylic acids is 1. The maximum atomic E-state index is 12.1. The van der Waals surface area contributed by atoms with Crippen molar-refractivity contribution in [2.24, 2.45) is 5.92 Å². The van der Waals surface area contributed by atoms with Gasteiger partial charge in [-0.3, -0.25) is 9.59 Å². The van der Waals surface area contributed by atoms with Crippen molar-refractivity contribution in [1.82, 2.24) is 10.3 Å². The van der Waals surface area contributed by atoms with E-state index in [-0.39, 0.29) is 11.6 Å². The number of piperidine rings is 1. The Hall–Kier alpha value is -2.20. The lowest BCUT2D eigenvalue weighted by Gasteiger charge is -2.29. The number of hydrogen-bond acceptors (Lipinski definition) is 8. The molecule has 2 heterocycles. The standard InChI is InChI=1S/C14H19N3O6S/c1-23-13(22)9(6-18)15-11(19)10-7-24-14(16-10)17-4-2-8(3-5-17)12(20)21/h7-9,18H,2-6H2,1H3,(H,15,19)(H,20,21)/t9-/m0/s1. The highest BCUT2D eigenvalue weighted by molar-refractivity contribution is 7.13. The van der Waals surface area contributed by atoms with Crippen LogP contribution in [-0.2, 0) is 14.3 Å². The summed E-state index contributed by atoms with van der Waals surface area (Å²) in [6, 6.07) is -1.14. The monoisotopic (exact) mass is 357 g/mol. The van der Waals surface area contributed by atoms with Gasteiger partial charge in [0.25, 0.3) is 5.91 Å². The number of nitrogens with zero attached hydrogens (tertiary/aromatic N) is 2. The Labute approximate surface area is 142 Å². The van der Waals surface area contributed by atoms with Gasteiger partial charge in [-0.05, 0) is 12.8 Å². The molecule has 1 atom stereocenters. The van der Waals surface area contributed by atoms with Gasteiger partial charge in [0.15, 0.2) is 11.2 Å². The molecule has 0 aliphatic carbocycles. The van der Waals surface area contributed by atoms with Crippen LogP contribution in [0.15, 0.2) is 5.38 Å². The normalized spacial score (nSPS) is 16.5. The topological polar surface area (TPSA) is 129 Å². The average molecular weight is 357 g/mol. The van der Waals surface area contributed by atoms with Crippen LogP contribution in [0.5, 0.6) is 0 Å². The molecule has 0 bridgehead atoms. The van der Waals surface area contributed by atoms with Crippen LogP contribution in [0.2, 0.25) is 0 Å². The second kappa shape index (κ2) is 8.06. The van der Waals surface area contributed by atoms with Crippen LogP contribution < -0.4 is 10.2 Å². The predicted molar refractivity (Wildman–Crippen MR) is 85.0 cm³/mol. The summed E-state index contributed by atoms with van der Waals surface area (Å²) >= 11 is 1.27. The predicted octanol–water partition coefficient (Wildman–Crippen LogP) is -0.292. The zero-order valence-corrected chi connectivity index (χ0v) is 13.9. The zero-order valence-electron chi connectivity index (χ0n) is 13.1. The third-order valence-electron chi connectivity index (χ3n) is 3.81. The van der Waals surface area contributed by atoms with E-state index in [4.69, 9.17) is 10.2 Å². The summed E-state index contributed by atoms with van der Waals surface area (Å²) in [5.74, 6) is -2.44. The van der Waals surface area contributed by atoms with Gasteiger partial charge in [0.05, 0.1) is 19.6 Å². The van der Waals surface area contributed by atoms with E-state index in [2.05, 4.69) is 15.0 Å². The molecule has 24 heavy (non-hydrogen) atoms. The number of anilines is 1. The van der Waals surface area contributed by atoms with E-state index in [0.29, 0.717) is 31.1 Å². The number of carbonyl (C=O) groups is 3. The fourth-order valence-electron chi connectivity index (χ4n) is 2.39. The number of aliphatic hydroxyl groups is 1. The molecule has 1 fully saturated rings.